The molecule has 0 N–H and O–H groups in total. The molecule has 3 heteroatoms. The molecule has 0 aliphatic heterocycles. The Morgan fingerprint density at radius 2 is 2.06 bits per heavy atom. The highest BCUT2D eigenvalue weighted by atomic mass is 35.5. The van der Waals surface area contributed by atoms with Gasteiger partial charge >= 0.3 is 0 Å². The zero-order chi connectivity index (χ0) is 11.7. The highest BCUT2D eigenvalue weighted by Gasteiger charge is 2.31. The monoisotopic (exact) mass is 256 g/mol. The lowest BCUT2D eigenvalue weighted by molar-refractivity contribution is 0.0897. The van der Waals surface area contributed by atoms with Gasteiger partial charge in [0, 0.05) is 11.5 Å². The quantitative estimate of drug-likeness (QED) is 0.707. The number of carbonyl (C=O) groups is 1. The van der Waals surface area contributed by atoms with Crippen LogP contribution in [0.15, 0.2) is 18.2 Å². The van der Waals surface area contributed by atoms with Gasteiger partial charge in [0.2, 0.25) is 0 Å². The van der Waals surface area contributed by atoms with E-state index in [2.05, 4.69) is 6.92 Å². The Balaban J connectivity index is 2.30. The van der Waals surface area contributed by atoms with Crippen LogP contribution < -0.4 is 0 Å². The molecule has 0 bridgehead atoms. The zero-order valence-corrected chi connectivity index (χ0v) is 10.7. The van der Waals surface area contributed by atoms with Crippen LogP contribution in [0.25, 0.3) is 0 Å². The fraction of sp³-hybridized carbons (Fsp3) is 0.462. The Kier molecular flexibility index (Phi) is 3.56. The van der Waals surface area contributed by atoms with Crippen LogP contribution in [0.3, 0.4) is 0 Å². The number of rotatable bonds is 2. The molecule has 1 fully saturated rings. The lowest BCUT2D eigenvalue weighted by atomic mass is 9.89. The Morgan fingerprint density at radius 3 is 2.69 bits per heavy atom. The Morgan fingerprint density at radius 1 is 1.31 bits per heavy atom. The van der Waals surface area contributed by atoms with Gasteiger partial charge in [-0.05, 0) is 30.9 Å². The van der Waals surface area contributed by atoms with Crippen LogP contribution in [-0.2, 0) is 0 Å². The average Bonchev–Trinajstić information content (AvgIpc) is 2.68. The SMILES string of the molecule is CC1CCCC1C(=O)c1cccc(Cl)c1Cl. The molecular weight excluding hydrogens is 243 g/mol. The average molecular weight is 257 g/mol. The third-order valence-corrected chi connectivity index (χ3v) is 4.23. The number of benzene rings is 1. The minimum Gasteiger partial charge on any atom is -0.294 e. The van der Waals surface area contributed by atoms with E-state index in [0.717, 1.165) is 19.3 Å². The first-order chi connectivity index (χ1) is 7.61. The van der Waals surface area contributed by atoms with Gasteiger partial charge in [-0.2, -0.15) is 0 Å². The van der Waals surface area contributed by atoms with E-state index in [1.54, 1.807) is 18.2 Å². The second kappa shape index (κ2) is 4.77. The summed E-state index contributed by atoms with van der Waals surface area (Å²) < 4.78 is 0. The van der Waals surface area contributed by atoms with Crippen molar-refractivity contribution in [2.75, 3.05) is 0 Å². The molecule has 0 heterocycles. The lowest BCUT2D eigenvalue weighted by Gasteiger charge is -2.15. The summed E-state index contributed by atoms with van der Waals surface area (Å²) >= 11 is 12.0. The van der Waals surface area contributed by atoms with Crippen molar-refractivity contribution in [3.05, 3.63) is 33.8 Å². The van der Waals surface area contributed by atoms with Crippen LogP contribution >= 0.6 is 23.2 Å². The van der Waals surface area contributed by atoms with Gasteiger partial charge in [-0.15, -0.1) is 0 Å². The van der Waals surface area contributed by atoms with E-state index in [1.807, 2.05) is 0 Å². The fourth-order valence-electron chi connectivity index (χ4n) is 2.43. The van der Waals surface area contributed by atoms with Crippen molar-refractivity contribution in [2.45, 2.75) is 26.2 Å². The largest absolute Gasteiger partial charge is 0.294 e. The molecule has 0 amide bonds. The van der Waals surface area contributed by atoms with Crippen LogP contribution in [0.4, 0.5) is 0 Å². The normalized spacial score (nSPS) is 24.7. The van der Waals surface area contributed by atoms with Crippen molar-refractivity contribution in [3.63, 3.8) is 0 Å². The van der Waals surface area contributed by atoms with Crippen LogP contribution in [-0.4, -0.2) is 5.78 Å². The summed E-state index contributed by atoms with van der Waals surface area (Å²) in [6.45, 7) is 2.13. The van der Waals surface area contributed by atoms with Crippen LogP contribution in [0, 0.1) is 11.8 Å². The summed E-state index contributed by atoms with van der Waals surface area (Å²) in [5, 5.41) is 0.853. The molecule has 1 nitrogen and oxygen atoms in total. The maximum Gasteiger partial charge on any atom is 0.167 e. The summed E-state index contributed by atoms with van der Waals surface area (Å²) in [7, 11) is 0. The first-order valence-electron chi connectivity index (χ1n) is 5.59. The highest BCUT2D eigenvalue weighted by Crippen LogP contribution is 2.36. The van der Waals surface area contributed by atoms with Gasteiger partial charge in [-0.25, -0.2) is 0 Å². The van der Waals surface area contributed by atoms with Gasteiger partial charge in [0.15, 0.2) is 5.78 Å². The molecule has 0 spiro atoms. The fourth-order valence-corrected chi connectivity index (χ4v) is 2.82. The number of ketones is 1. The van der Waals surface area contributed by atoms with Crippen molar-refractivity contribution in [1.29, 1.82) is 0 Å². The lowest BCUT2D eigenvalue weighted by Crippen LogP contribution is -2.17. The van der Waals surface area contributed by atoms with Crippen LogP contribution in [0.5, 0.6) is 0 Å². The standard InChI is InChI=1S/C13H14Cl2O/c1-8-4-2-5-9(8)13(16)10-6-3-7-11(14)12(10)15/h3,6-9H,2,4-5H2,1H3. The smallest absolute Gasteiger partial charge is 0.167 e. The minimum absolute atomic E-state index is 0.121. The summed E-state index contributed by atoms with van der Waals surface area (Å²) in [5.41, 5.74) is 0.577. The molecule has 1 aliphatic rings. The van der Waals surface area contributed by atoms with E-state index in [1.165, 1.54) is 0 Å². The Labute approximate surface area is 106 Å². The second-order valence-corrected chi connectivity index (χ2v) is 5.27. The molecule has 86 valence electrons. The third kappa shape index (κ3) is 2.11. The van der Waals surface area contributed by atoms with Crippen molar-refractivity contribution >= 4 is 29.0 Å². The van der Waals surface area contributed by atoms with Gasteiger partial charge < -0.3 is 0 Å². The van der Waals surface area contributed by atoms with Crippen LogP contribution in [0.2, 0.25) is 10.0 Å². The molecule has 1 aromatic rings. The molecule has 0 aromatic heterocycles. The van der Waals surface area contributed by atoms with Gasteiger partial charge in [0.1, 0.15) is 0 Å². The van der Waals surface area contributed by atoms with Crippen molar-refractivity contribution in [3.8, 4) is 0 Å². The van der Waals surface area contributed by atoms with Gasteiger partial charge in [-0.1, -0.05) is 42.6 Å². The molecule has 1 aliphatic carbocycles. The number of Topliss-reactive ketones (excluding diaryl/α,β-unsaturated/α-hetero) is 1. The third-order valence-electron chi connectivity index (χ3n) is 3.42. The number of halogens is 2. The number of carbonyl (C=O) groups excluding carboxylic acids is 1. The summed E-state index contributed by atoms with van der Waals surface area (Å²) in [6.07, 6.45) is 3.24. The Bertz CT molecular complexity index is 414. The van der Waals surface area contributed by atoms with E-state index in [-0.39, 0.29) is 11.7 Å². The minimum atomic E-state index is 0.121. The first-order valence-corrected chi connectivity index (χ1v) is 6.35. The molecule has 1 saturated carbocycles. The van der Waals surface area contributed by atoms with E-state index in [0.29, 0.717) is 21.5 Å². The topological polar surface area (TPSA) is 17.1 Å². The first kappa shape index (κ1) is 11.9. The zero-order valence-electron chi connectivity index (χ0n) is 9.17. The van der Waals surface area contributed by atoms with Gasteiger partial charge in [0.25, 0.3) is 0 Å². The van der Waals surface area contributed by atoms with Gasteiger partial charge in [-0.3, -0.25) is 4.79 Å². The Hall–Kier alpha value is -0.530. The van der Waals surface area contributed by atoms with E-state index in [4.69, 9.17) is 23.2 Å². The van der Waals surface area contributed by atoms with Crippen molar-refractivity contribution in [2.24, 2.45) is 11.8 Å². The van der Waals surface area contributed by atoms with Crippen LogP contribution in [0.1, 0.15) is 36.5 Å². The molecule has 2 atom stereocenters. The summed E-state index contributed by atoms with van der Waals surface area (Å²) in [6, 6.07) is 5.25. The second-order valence-electron chi connectivity index (χ2n) is 4.48. The summed E-state index contributed by atoms with van der Waals surface area (Å²) in [4.78, 5) is 12.3. The predicted molar refractivity (Wildman–Crippen MR) is 67.3 cm³/mol. The van der Waals surface area contributed by atoms with Gasteiger partial charge in [0.05, 0.1) is 10.0 Å². The maximum atomic E-state index is 12.3. The summed E-state index contributed by atoms with van der Waals surface area (Å²) in [5.74, 6) is 0.732. The maximum absolute atomic E-state index is 12.3. The predicted octanol–water partition coefficient (Wildman–Crippen LogP) is 4.61. The number of hydrogen-bond acceptors (Lipinski definition) is 1. The highest BCUT2D eigenvalue weighted by molar-refractivity contribution is 6.43. The molecular formula is C13H14Cl2O. The van der Waals surface area contributed by atoms with E-state index < -0.39 is 0 Å². The molecule has 2 unspecified atom stereocenters. The van der Waals surface area contributed by atoms with E-state index >= 15 is 0 Å². The van der Waals surface area contributed by atoms with Crippen molar-refractivity contribution < 1.29 is 4.79 Å². The number of hydrogen-bond donors (Lipinski definition) is 0. The molecule has 0 saturated heterocycles. The van der Waals surface area contributed by atoms with Crippen molar-refractivity contribution in [1.82, 2.24) is 0 Å². The molecule has 16 heavy (non-hydrogen) atoms. The molecule has 0 radical (unpaired) electrons. The molecule has 1 aromatic carbocycles. The molecule has 2 rings (SSSR count). The van der Waals surface area contributed by atoms with E-state index in [9.17, 15) is 4.79 Å².